The maximum Gasteiger partial charge on any atom is 0.144 e. The summed E-state index contributed by atoms with van der Waals surface area (Å²) in [5.41, 5.74) is 8.10. The molecule has 0 saturated heterocycles. The van der Waals surface area contributed by atoms with Crippen LogP contribution in [0.4, 0.5) is 11.4 Å². The zero-order chi connectivity index (χ0) is 14.3. The number of benzene rings is 1. The molecule has 0 aliphatic heterocycles. The third kappa shape index (κ3) is 4.05. The molecule has 0 unspecified atom stereocenters. The van der Waals surface area contributed by atoms with Gasteiger partial charge in [-0.3, -0.25) is 0 Å². The number of ether oxygens (including phenoxy) is 1. The zero-order valence-electron chi connectivity index (χ0n) is 12.8. The SMILES string of the molecule is CCOc1cccc(N(CC)CC(CC)CC)c1N. The van der Waals surface area contributed by atoms with Crippen LogP contribution >= 0.6 is 0 Å². The fourth-order valence-electron chi connectivity index (χ4n) is 2.35. The van der Waals surface area contributed by atoms with Crippen LogP contribution < -0.4 is 15.4 Å². The number of para-hydroxylation sites is 1. The van der Waals surface area contributed by atoms with E-state index in [1.807, 2.05) is 19.1 Å². The van der Waals surface area contributed by atoms with Crippen molar-refractivity contribution < 1.29 is 4.74 Å². The summed E-state index contributed by atoms with van der Waals surface area (Å²) < 4.78 is 5.58. The van der Waals surface area contributed by atoms with Crippen LogP contribution in [0.3, 0.4) is 0 Å². The number of nitrogens with two attached hydrogens (primary N) is 1. The van der Waals surface area contributed by atoms with E-state index in [1.165, 1.54) is 12.8 Å². The number of rotatable bonds is 8. The Morgan fingerprint density at radius 3 is 2.37 bits per heavy atom. The van der Waals surface area contributed by atoms with Crippen molar-refractivity contribution in [3.8, 4) is 5.75 Å². The Hall–Kier alpha value is -1.38. The number of hydrogen-bond donors (Lipinski definition) is 1. The summed E-state index contributed by atoms with van der Waals surface area (Å²) in [4.78, 5) is 2.36. The third-order valence-electron chi connectivity index (χ3n) is 3.70. The molecule has 0 bridgehead atoms. The lowest BCUT2D eigenvalue weighted by Crippen LogP contribution is -2.29. The third-order valence-corrected chi connectivity index (χ3v) is 3.70. The van der Waals surface area contributed by atoms with Gasteiger partial charge in [-0.2, -0.15) is 0 Å². The van der Waals surface area contributed by atoms with E-state index >= 15 is 0 Å². The van der Waals surface area contributed by atoms with Crippen molar-refractivity contribution in [3.05, 3.63) is 18.2 Å². The quantitative estimate of drug-likeness (QED) is 0.723. The predicted octanol–water partition coefficient (Wildman–Crippen LogP) is 3.93. The highest BCUT2D eigenvalue weighted by atomic mass is 16.5. The Labute approximate surface area is 117 Å². The highest BCUT2D eigenvalue weighted by Crippen LogP contribution is 2.33. The van der Waals surface area contributed by atoms with E-state index in [0.29, 0.717) is 6.61 Å². The Balaban J connectivity index is 2.94. The Morgan fingerprint density at radius 1 is 1.16 bits per heavy atom. The van der Waals surface area contributed by atoms with Crippen molar-refractivity contribution in [1.29, 1.82) is 0 Å². The zero-order valence-corrected chi connectivity index (χ0v) is 12.8. The van der Waals surface area contributed by atoms with Crippen LogP contribution in [0, 0.1) is 5.92 Å². The monoisotopic (exact) mass is 264 g/mol. The van der Waals surface area contributed by atoms with Gasteiger partial charge < -0.3 is 15.4 Å². The van der Waals surface area contributed by atoms with Crippen LogP contribution in [0.5, 0.6) is 5.75 Å². The van der Waals surface area contributed by atoms with Crippen LogP contribution in [-0.2, 0) is 0 Å². The van der Waals surface area contributed by atoms with Crippen molar-refractivity contribution in [2.24, 2.45) is 5.92 Å². The topological polar surface area (TPSA) is 38.5 Å². The van der Waals surface area contributed by atoms with Crippen molar-refractivity contribution in [2.45, 2.75) is 40.5 Å². The highest BCUT2D eigenvalue weighted by Gasteiger charge is 2.15. The smallest absolute Gasteiger partial charge is 0.144 e. The molecule has 3 heteroatoms. The predicted molar refractivity (Wildman–Crippen MR) is 84.0 cm³/mol. The Kier molecular flexibility index (Phi) is 6.54. The van der Waals surface area contributed by atoms with Gasteiger partial charge in [0.1, 0.15) is 5.75 Å². The van der Waals surface area contributed by atoms with E-state index in [-0.39, 0.29) is 0 Å². The molecule has 1 aromatic rings. The largest absolute Gasteiger partial charge is 0.492 e. The minimum Gasteiger partial charge on any atom is -0.492 e. The second-order valence-corrected chi connectivity index (χ2v) is 4.84. The number of hydrogen-bond acceptors (Lipinski definition) is 3. The van der Waals surface area contributed by atoms with Gasteiger partial charge in [0.05, 0.1) is 18.0 Å². The first-order valence-electron chi connectivity index (χ1n) is 7.43. The summed E-state index contributed by atoms with van der Waals surface area (Å²) in [6.07, 6.45) is 2.41. The number of nitrogen functional groups attached to an aromatic ring is 1. The molecular weight excluding hydrogens is 236 g/mol. The van der Waals surface area contributed by atoms with E-state index in [4.69, 9.17) is 10.5 Å². The van der Waals surface area contributed by atoms with Gasteiger partial charge >= 0.3 is 0 Å². The standard InChI is InChI=1S/C16H28N2O/c1-5-13(6-2)12-18(7-3)14-10-9-11-15(16(14)17)19-8-4/h9-11,13H,5-8,12,17H2,1-4H3. The molecule has 1 aromatic carbocycles. The molecule has 0 fully saturated rings. The molecule has 3 nitrogen and oxygen atoms in total. The molecule has 19 heavy (non-hydrogen) atoms. The summed E-state index contributed by atoms with van der Waals surface area (Å²) in [5, 5.41) is 0. The van der Waals surface area contributed by atoms with Crippen LogP contribution in [-0.4, -0.2) is 19.7 Å². The molecule has 0 saturated carbocycles. The van der Waals surface area contributed by atoms with Crippen LogP contribution in [0.25, 0.3) is 0 Å². The summed E-state index contributed by atoms with van der Waals surface area (Å²) in [7, 11) is 0. The van der Waals surface area contributed by atoms with Gasteiger partial charge in [-0.25, -0.2) is 0 Å². The van der Waals surface area contributed by atoms with Crippen molar-refractivity contribution >= 4 is 11.4 Å². The van der Waals surface area contributed by atoms with E-state index in [9.17, 15) is 0 Å². The minimum atomic E-state index is 0.645. The molecule has 108 valence electrons. The van der Waals surface area contributed by atoms with E-state index in [1.54, 1.807) is 0 Å². The molecule has 0 atom stereocenters. The van der Waals surface area contributed by atoms with Gasteiger partial charge in [0.15, 0.2) is 0 Å². The second kappa shape index (κ2) is 7.93. The summed E-state index contributed by atoms with van der Waals surface area (Å²) in [6, 6.07) is 6.04. The van der Waals surface area contributed by atoms with Gasteiger partial charge in [-0.15, -0.1) is 0 Å². The van der Waals surface area contributed by atoms with Gasteiger partial charge in [-0.05, 0) is 31.9 Å². The highest BCUT2D eigenvalue weighted by molar-refractivity contribution is 5.74. The molecule has 0 aromatic heterocycles. The lowest BCUT2D eigenvalue weighted by atomic mass is 10.0. The molecule has 0 aliphatic carbocycles. The van der Waals surface area contributed by atoms with Gasteiger partial charge in [0, 0.05) is 13.1 Å². The fraction of sp³-hybridized carbons (Fsp3) is 0.625. The first-order valence-corrected chi connectivity index (χ1v) is 7.43. The van der Waals surface area contributed by atoms with Gasteiger partial charge in [-0.1, -0.05) is 32.8 Å². The molecule has 0 heterocycles. The molecule has 1 rings (SSSR count). The Bertz CT molecular complexity index is 375. The van der Waals surface area contributed by atoms with Gasteiger partial charge in [0.25, 0.3) is 0 Å². The van der Waals surface area contributed by atoms with Crippen molar-refractivity contribution in [1.82, 2.24) is 0 Å². The first-order chi connectivity index (χ1) is 9.17. The summed E-state index contributed by atoms with van der Waals surface area (Å²) >= 11 is 0. The second-order valence-electron chi connectivity index (χ2n) is 4.84. The fourth-order valence-corrected chi connectivity index (χ4v) is 2.35. The molecular formula is C16H28N2O. The average Bonchev–Trinajstić information content (AvgIpc) is 2.43. The van der Waals surface area contributed by atoms with Crippen LogP contribution in [0.1, 0.15) is 40.5 Å². The lowest BCUT2D eigenvalue weighted by Gasteiger charge is -2.29. The van der Waals surface area contributed by atoms with E-state index < -0.39 is 0 Å². The summed E-state index contributed by atoms with van der Waals surface area (Å²) in [5.74, 6) is 1.51. The molecule has 0 spiro atoms. The molecule has 0 aliphatic rings. The van der Waals surface area contributed by atoms with Crippen molar-refractivity contribution in [3.63, 3.8) is 0 Å². The van der Waals surface area contributed by atoms with E-state index in [0.717, 1.165) is 36.1 Å². The number of anilines is 2. The lowest BCUT2D eigenvalue weighted by molar-refractivity contribution is 0.342. The first kappa shape index (κ1) is 15.7. The van der Waals surface area contributed by atoms with Crippen LogP contribution in [0.15, 0.2) is 18.2 Å². The van der Waals surface area contributed by atoms with Crippen molar-refractivity contribution in [2.75, 3.05) is 30.3 Å². The van der Waals surface area contributed by atoms with E-state index in [2.05, 4.69) is 31.7 Å². The maximum atomic E-state index is 6.24. The average molecular weight is 264 g/mol. The maximum absolute atomic E-state index is 6.24. The summed E-state index contributed by atoms with van der Waals surface area (Å²) in [6.45, 7) is 11.3. The number of nitrogens with zero attached hydrogens (tertiary/aromatic N) is 1. The van der Waals surface area contributed by atoms with Crippen LogP contribution in [0.2, 0.25) is 0 Å². The van der Waals surface area contributed by atoms with Gasteiger partial charge in [0.2, 0.25) is 0 Å². The molecule has 2 N–H and O–H groups in total. The molecule has 0 amide bonds. The normalized spacial score (nSPS) is 10.8. The molecule has 0 radical (unpaired) electrons. The Morgan fingerprint density at radius 2 is 1.84 bits per heavy atom. The minimum absolute atomic E-state index is 0.645.